The van der Waals surface area contributed by atoms with Crippen molar-refractivity contribution in [2.24, 2.45) is 0 Å². The van der Waals surface area contributed by atoms with Crippen LogP contribution in [0.3, 0.4) is 0 Å². The molecule has 0 aliphatic heterocycles. The molecule has 0 saturated heterocycles. The molecule has 0 aliphatic carbocycles. The quantitative estimate of drug-likeness (QED) is 0.434. The van der Waals surface area contributed by atoms with Gasteiger partial charge in [0.05, 0.1) is 26.5 Å². The number of hydrogen-bond donors (Lipinski definition) is 1. The zero-order valence-corrected chi connectivity index (χ0v) is 17.9. The number of nitrogens with zero attached hydrogens (tertiary/aromatic N) is 2. The van der Waals surface area contributed by atoms with Crippen LogP contribution in [0.2, 0.25) is 0 Å². The molecule has 6 heteroatoms. The van der Waals surface area contributed by atoms with E-state index in [0.717, 1.165) is 26.3 Å². The van der Waals surface area contributed by atoms with E-state index in [9.17, 15) is 4.79 Å². The van der Waals surface area contributed by atoms with Crippen molar-refractivity contribution in [3.05, 3.63) is 58.7 Å². The fourth-order valence-corrected chi connectivity index (χ4v) is 5.02. The third-order valence-corrected chi connectivity index (χ3v) is 6.42. The molecule has 0 radical (unpaired) electrons. The Morgan fingerprint density at radius 2 is 1.82 bits per heavy atom. The summed E-state index contributed by atoms with van der Waals surface area (Å²) in [5.74, 6) is 0.235. The van der Waals surface area contributed by atoms with Crippen LogP contribution in [0.5, 0.6) is 0 Å². The molecule has 0 fully saturated rings. The predicted octanol–water partition coefficient (Wildman–Crippen LogP) is 5.81. The lowest BCUT2D eigenvalue weighted by atomic mass is 10.0. The highest BCUT2D eigenvalue weighted by Crippen LogP contribution is 2.28. The fourth-order valence-electron chi connectivity index (χ4n) is 3.27. The van der Waals surface area contributed by atoms with Gasteiger partial charge in [-0.25, -0.2) is 9.97 Å². The summed E-state index contributed by atoms with van der Waals surface area (Å²) in [6, 6.07) is 12.5. The van der Waals surface area contributed by atoms with Crippen LogP contribution in [-0.4, -0.2) is 21.6 Å². The maximum Gasteiger partial charge on any atom is 0.236 e. The summed E-state index contributed by atoms with van der Waals surface area (Å²) < 4.78 is 1.08. The van der Waals surface area contributed by atoms with Crippen LogP contribution < -0.4 is 5.32 Å². The number of nitrogens with one attached hydrogen (secondary N) is 1. The lowest BCUT2D eigenvalue weighted by Crippen LogP contribution is -2.13. The summed E-state index contributed by atoms with van der Waals surface area (Å²) in [4.78, 5) is 21.7. The molecule has 0 spiro atoms. The molecule has 2 aromatic heterocycles. The lowest BCUT2D eigenvalue weighted by molar-refractivity contribution is -0.113. The molecule has 0 aliphatic rings. The second kappa shape index (κ2) is 7.53. The van der Waals surface area contributed by atoms with Gasteiger partial charge in [-0.2, -0.15) is 0 Å². The molecular weight excluding hydrogens is 386 g/mol. The number of fused-ring (bicyclic) bond motifs is 2. The molecule has 4 nitrogen and oxygen atoms in total. The molecule has 142 valence electrons. The van der Waals surface area contributed by atoms with Gasteiger partial charge < -0.3 is 5.32 Å². The summed E-state index contributed by atoms with van der Waals surface area (Å²) in [5.41, 5.74) is 6.69. The minimum atomic E-state index is -0.0686. The van der Waals surface area contributed by atoms with Gasteiger partial charge in [0.15, 0.2) is 5.13 Å². The zero-order valence-electron chi connectivity index (χ0n) is 16.3. The Morgan fingerprint density at radius 1 is 1.00 bits per heavy atom. The summed E-state index contributed by atoms with van der Waals surface area (Å²) >= 11 is 2.95. The number of thiazole rings is 1. The smallest absolute Gasteiger partial charge is 0.236 e. The van der Waals surface area contributed by atoms with Crippen LogP contribution in [0, 0.1) is 27.7 Å². The third kappa shape index (κ3) is 3.88. The van der Waals surface area contributed by atoms with Gasteiger partial charge in [-0.3, -0.25) is 4.79 Å². The molecule has 1 amide bonds. The van der Waals surface area contributed by atoms with Crippen LogP contribution in [0.1, 0.15) is 22.3 Å². The average Bonchev–Trinajstić information content (AvgIpc) is 3.02. The Labute approximate surface area is 172 Å². The van der Waals surface area contributed by atoms with Crippen LogP contribution in [-0.2, 0) is 4.79 Å². The Bertz CT molecular complexity index is 1210. The summed E-state index contributed by atoms with van der Waals surface area (Å²) in [5, 5.41) is 5.60. The number of carbonyl (C=O) groups is 1. The number of amides is 1. The van der Waals surface area contributed by atoms with Gasteiger partial charge >= 0.3 is 0 Å². The summed E-state index contributed by atoms with van der Waals surface area (Å²) in [6.07, 6.45) is 0. The Hall–Kier alpha value is -2.44. The average molecular weight is 408 g/mol. The minimum Gasteiger partial charge on any atom is -0.301 e. The first-order valence-corrected chi connectivity index (χ1v) is 10.9. The van der Waals surface area contributed by atoms with Crippen molar-refractivity contribution in [1.29, 1.82) is 0 Å². The Balaban J connectivity index is 1.48. The molecule has 4 aromatic rings. The van der Waals surface area contributed by atoms with E-state index in [1.54, 1.807) is 0 Å². The van der Waals surface area contributed by atoms with Crippen molar-refractivity contribution in [1.82, 2.24) is 9.97 Å². The number of rotatable bonds is 4. The van der Waals surface area contributed by atoms with Crippen LogP contribution in [0.4, 0.5) is 5.13 Å². The number of aryl methyl sites for hydroxylation is 4. The van der Waals surface area contributed by atoms with Crippen LogP contribution in [0.15, 0.2) is 41.4 Å². The van der Waals surface area contributed by atoms with Crippen molar-refractivity contribution in [3.8, 4) is 0 Å². The molecular formula is C22H21N3OS2. The maximum absolute atomic E-state index is 12.4. The molecule has 2 heterocycles. The zero-order chi connectivity index (χ0) is 19.8. The van der Waals surface area contributed by atoms with E-state index in [0.29, 0.717) is 10.9 Å². The summed E-state index contributed by atoms with van der Waals surface area (Å²) in [7, 11) is 0. The molecule has 28 heavy (non-hydrogen) atoms. The molecule has 0 bridgehead atoms. The van der Waals surface area contributed by atoms with E-state index in [1.807, 2.05) is 12.1 Å². The largest absolute Gasteiger partial charge is 0.301 e. The number of aromatic nitrogens is 2. The number of anilines is 1. The number of carbonyl (C=O) groups excluding carboxylic acids is 1. The van der Waals surface area contributed by atoms with Gasteiger partial charge in [-0.15, -0.1) is 0 Å². The van der Waals surface area contributed by atoms with E-state index in [1.165, 1.54) is 45.2 Å². The monoisotopic (exact) mass is 407 g/mol. The van der Waals surface area contributed by atoms with Gasteiger partial charge in [0.25, 0.3) is 0 Å². The van der Waals surface area contributed by atoms with Gasteiger partial charge in [0, 0.05) is 5.39 Å². The van der Waals surface area contributed by atoms with Crippen molar-refractivity contribution < 1.29 is 4.79 Å². The number of hydrogen-bond acceptors (Lipinski definition) is 5. The van der Waals surface area contributed by atoms with Crippen molar-refractivity contribution in [2.75, 3.05) is 11.1 Å². The number of benzene rings is 2. The second-order valence-corrected chi connectivity index (χ2v) is 9.11. The van der Waals surface area contributed by atoms with Crippen LogP contribution >= 0.6 is 23.1 Å². The minimum absolute atomic E-state index is 0.0686. The van der Waals surface area contributed by atoms with Crippen molar-refractivity contribution in [2.45, 2.75) is 32.7 Å². The molecule has 1 N–H and O–H groups in total. The van der Waals surface area contributed by atoms with E-state index >= 15 is 0 Å². The first-order valence-electron chi connectivity index (χ1n) is 9.07. The maximum atomic E-state index is 12.4. The third-order valence-electron chi connectivity index (χ3n) is 4.57. The van der Waals surface area contributed by atoms with Crippen molar-refractivity contribution in [3.63, 3.8) is 0 Å². The van der Waals surface area contributed by atoms with E-state index in [2.05, 4.69) is 62.3 Å². The number of pyridine rings is 1. The normalized spacial score (nSPS) is 11.3. The van der Waals surface area contributed by atoms with Gasteiger partial charge in [0.1, 0.15) is 0 Å². The second-order valence-electron chi connectivity index (χ2n) is 7.08. The topological polar surface area (TPSA) is 54.9 Å². The van der Waals surface area contributed by atoms with Crippen LogP contribution in [0.25, 0.3) is 21.1 Å². The van der Waals surface area contributed by atoms with E-state index in [4.69, 9.17) is 4.98 Å². The Kier molecular flexibility index (Phi) is 5.08. The first kappa shape index (κ1) is 18.9. The predicted molar refractivity (Wildman–Crippen MR) is 120 cm³/mol. The van der Waals surface area contributed by atoms with Gasteiger partial charge in [-0.05, 0) is 68.7 Å². The van der Waals surface area contributed by atoms with Gasteiger partial charge in [-0.1, -0.05) is 40.8 Å². The van der Waals surface area contributed by atoms with E-state index < -0.39 is 0 Å². The molecule has 0 unspecified atom stereocenters. The SMILES string of the molecule is Cc1ccc2nc(NC(=O)CSc3cc(C)c4cc(C)cc(C)c4n3)sc2c1. The Morgan fingerprint density at radius 3 is 2.64 bits per heavy atom. The van der Waals surface area contributed by atoms with Crippen molar-refractivity contribution >= 4 is 55.3 Å². The van der Waals surface area contributed by atoms with E-state index in [-0.39, 0.29) is 5.91 Å². The molecule has 0 saturated carbocycles. The highest BCUT2D eigenvalue weighted by molar-refractivity contribution is 7.99. The highest BCUT2D eigenvalue weighted by Gasteiger charge is 2.11. The molecule has 4 rings (SSSR count). The molecule has 2 aromatic carbocycles. The molecule has 0 atom stereocenters. The standard InChI is InChI=1S/C22H21N3OS2/c1-12-5-6-17-18(9-12)28-22(23-17)24-19(26)11-27-20-10-14(3)16-8-13(2)7-15(4)21(16)25-20/h5-10H,11H2,1-4H3,(H,23,24,26). The van der Waals surface area contributed by atoms with Gasteiger partial charge in [0.2, 0.25) is 5.91 Å². The first-order chi connectivity index (χ1) is 13.4. The fraction of sp³-hybridized carbons (Fsp3) is 0.227. The number of thioether (sulfide) groups is 1. The summed E-state index contributed by atoms with van der Waals surface area (Å²) in [6.45, 7) is 8.33. The lowest BCUT2D eigenvalue weighted by Gasteiger charge is -2.09. The highest BCUT2D eigenvalue weighted by atomic mass is 32.2.